The summed E-state index contributed by atoms with van der Waals surface area (Å²) in [5.41, 5.74) is 1.24. The zero-order valence-electron chi connectivity index (χ0n) is 13.9. The van der Waals surface area contributed by atoms with E-state index in [9.17, 15) is 19.7 Å². The number of ether oxygens (including phenoxy) is 1. The molecule has 2 N–H and O–H groups in total. The highest BCUT2D eigenvalue weighted by molar-refractivity contribution is 6.65. The van der Waals surface area contributed by atoms with Crippen LogP contribution in [0.2, 0.25) is 0 Å². The van der Waals surface area contributed by atoms with E-state index in [0.717, 1.165) is 0 Å². The first-order valence-electron chi connectivity index (χ1n) is 7.69. The van der Waals surface area contributed by atoms with Gasteiger partial charge in [-0.2, -0.15) is 0 Å². The normalized spacial score (nSPS) is 11.9. The van der Waals surface area contributed by atoms with E-state index in [2.05, 4.69) is 4.98 Å². The third-order valence-corrected chi connectivity index (χ3v) is 4.46. The molecule has 1 heterocycles. The molecule has 0 spiro atoms. The van der Waals surface area contributed by atoms with Crippen molar-refractivity contribution in [1.29, 1.82) is 0 Å². The van der Waals surface area contributed by atoms with Crippen molar-refractivity contribution < 1.29 is 24.4 Å². The van der Waals surface area contributed by atoms with Crippen molar-refractivity contribution in [3.8, 4) is 5.75 Å². The number of nitro benzene ring substituents is 1. The molecule has 0 saturated heterocycles. The van der Waals surface area contributed by atoms with Gasteiger partial charge in [0.25, 0.3) is 5.69 Å². The van der Waals surface area contributed by atoms with Crippen LogP contribution in [-0.2, 0) is 4.79 Å². The molecule has 1 atom stereocenters. The maximum Gasteiger partial charge on any atom is 0.335 e. The predicted molar refractivity (Wildman–Crippen MR) is 97.6 cm³/mol. The first kappa shape index (κ1) is 18.4. The third-order valence-electron chi connectivity index (χ3n) is 4.24. The Bertz CT molecular complexity index is 1070. The number of halogens is 1. The molecule has 0 aliphatic carbocycles. The number of carboxylic acids is 1. The van der Waals surface area contributed by atoms with Crippen LogP contribution >= 0.6 is 11.6 Å². The first-order chi connectivity index (χ1) is 12.8. The van der Waals surface area contributed by atoms with Crippen LogP contribution in [0.3, 0.4) is 0 Å². The van der Waals surface area contributed by atoms with Gasteiger partial charge in [0.2, 0.25) is 5.24 Å². The molecule has 0 aliphatic heterocycles. The third kappa shape index (κ3) is 3.34. The molecule has 0 fully saturated rings. The van der Waals surface area contributed by atoms with Crippen molar-refractivity contribution in [2.24, 2.45) is 0 Å². The van der Waals surface area contributed by atoms with Crippen molar-refractivity contribution in [3.05, 3.63) is 69.4 Å². The Morgan fingerprint density at radius 1 is 1.22 bits per heavy atom. The number of nitrogens with zero attached hydrogens (tertiary/aromatic N) is 1. The van der Waals surface area contributed by atoms with Crippen LogP contribution in [0.5, 0.6) is 5.75 Å². The van der Waals surface area contributed by atoms with Gasteiger partial charge in [-0.05, 0) is 35.4 Å². The summed E-state index contributed by atoms with van der Waals surface area (Å²) in [7, 11) is 1.35. The minimum Gasteiger partial charge on any atom is -0.496 e. The smallest absolute Gasteiger partial charge is 0.335 e. The maximum atomic E-state index is 12.2. The number of carbonyl (C=O) groups excluding carboxylic acids is 1. The zero-order chi connectivity index (χ0) is 19.7. The molecule has 1 aromatic heterocycles. The highest BCUT2D eigenvalue weighted by Crippen LogP contribution is 2.38. The topological polar surface area (TPSA) is 123 Å². The molecule has 9 heteroatoms. The minimum absolute atomic E-state index is 0.00839. The van der Waals surface area contributed by atoms with Gasteiger partial charge in [0.05, 0.1) is 23.5 Å². The molecule has 0 bridgehead atoms. The van der Waals surface area contributed by atoms with Crippen LogP contribution in [0, 0.1) is 10.1 Å². The SMILES string of the molecule is COc1cc(C(=O)O)ccc1C(C(=O)Cl)c1c[nH]c2ccc([N+](=O)[O-])cc12. The number of aromatic carboxylic acids is 1. The monoisotopic (exact) mass is 388 g/mol. The number of carbonyl (C=O) groups is 2. The number of nitro groups is 1. The van der Waals surface area contributed by atoms with E-state index < -0.39 is 22.1 Å². The van der Waals surface area contributed by atoms with Gasteiger partial charge in [-0.1, -0.05) is 6.07 Å². The standard InChI is InChI=1S/C18H13ClN2O6/c1-27-15-6-9(18(23)24)2-4-11(15)16(17(19)22)13-8-20-14-5-3-10(21(25)26)7-12(13)14/h2-8,16,20H,1H3,(H,23,24). The van der Waals surface area contributed by atoms with Gasteiger partial charge in [0.1, 0.15) is 5.75 Å². The molecule has 1 unspecified atom stereocenters. The lowest BCUT2D eigenvalue weighted by Gasteiger charge is -2.16. The quantitative estimate of drug-likeness (QED) is 0.377. The number of hydrogen-bond donors (Lipinski definition) is 2. The first-order valence-corrected chi connectivity index (χ1v) is 8.07. The molecule has 0 saturated carbocycles. The number of carboxylic acid groups (broad SMARTS) is 1. The van der Waals surface area contributed by atoms with Crippen molar-refractivity contribution in [3.63, 3.8) is 0 Å². The summed E-state index contributed by atoms with van der Waals surface area (Å²) in [4.78, 5) is 36.9. The van der Waals surface area contributed by atoms with Crippen molar-refractivity contribution in [1.82, 2.24) is 4.98 Å². The van der Waals surface area contributed by atoms with Crippen molar-refractivity contribution in [2.45, 2.75) is 5.92 Å². The number of fused-ring (bicyclic) bond motifs is 1. The van der Waals surface area contributed by atoms with Gasteiger partial charge in [0, 0.05) is 34.8 Å². The molecular formula is C18H13ClN2O6. The number of aromatic nitrogens is 1. The highest BCUT2D eigenvalue weighted by Gasteiger charge is 2.28. The fraction of sp³-hybridized carbons (Fsp3) is 0.111. The Morgan fingerprint density at radius 2 is 1.96 bits per heavy atom. The minimum atomic E-state index is -1.14. The van der Waals surface area contributed by atoms with E-state index in [0.29, 0.717) is 22.0 Å². The Balaban J connectivity index is 2.22. The lowest BCUT2D eigenvalue weighted by molar-refractivity contribution is -0.384. The van der Waals surface area contributed by atoms with Crippen LogP contribution in [0.25, 0.3) is 10.9 Å². The van der Waals surface area contributed by atoms with E-state index in [1.807, 2.05) is 0 Å². The van der Waals surface area contributed by atoms with Crippen LogP contribution in [0.4, 0.5) is 5.69 Å². The summed E-state index contributed by atoms with van der Waals surface area (Å²) >= 11 is 5.85. The molecule has 3 aromatic rings. The van der Waals surface area contributed by atoms with E-state index >= 15 is 0 Å². The second-order valence-electron chi connectivity index (χ2n) is 5.73. The molecule has 27 heavy (non-hydrogen) atoms. The summed E-state index contributed by atoms with van der Waals surface area (Å²) < 4.78 is 5.25. The average molecular weight is 389 g/mol. The number of hydrogen-bond acceptors (Lipinski definition) is 5. The Morgan fingerprint density at radius 3 is 2.56 bits per heavy atom. The lowest BCUT2D eigenvalue weighted by atomic mass is 9.90. The molecule has 0 aliphatic rings. The van der Waals surface area contributed by atoms with Crippen LogP contribution in [0.15, 0.2) is 42.6 Å². The molecule has 3 rings (SSSR count). The largest absolute Gasteiger partial charge is 0.496 e. The fourth-order valence-electron chi connectivity index (χ4n) is 2.98. The van der Waals surface area contributed by atoms with Crippen LogP contribution in [-0.4, -0.2) is 33.3 Å². The second kappa shape index (κ2) is 7.08. The molecule has 138 valence electrons. The fourth-order valence-corrected chi connectivity index (χ4v) is 3.21. The van der Waals surface area contributed by atoms with Gasteiger partial charge in [-0.15, -0.1) is 0 Å². The summed E-state index contributed by atoms with van der Waals surface area (Å²) in [5, 5.41) is 19.9. The number of aromatic amines is 1. The second-order valence-corrected chi connectivity index (χ2v) is 6.10. The molecule has 2 aromatic carbocycles. The zero-order valence-corrected chi connectivity index (χ0v) is 14.7. The number of non-ortho nitro benzene ring substituents is 1. The number of methoxy groups -OCH3 is 1. The van der Waals surface area contributed by atoms with E-state index in [1.165, 1.54) is 43.5 Å². The molecule has 0 amide bonds. The van der Waals surface area contributed by atoms with Gasteiger partial charge >= 0.3 is 5.97 Å². The van der Waals surface area contributed by atoms with Gasteiger partial charge < -0.3 is 14.8 Å². The number of rotatable bonds is 6. The lowest BCUT2D eigenvalue weighted by Crippen LogP contribution is -2.11. The van der Waals surface area contributed by atoms with Gasteiger partial charge in [-0.3, -0.25) is 14.9 Å². The maximum absolute atomic E-state index is 12.2. The average Bonchev–Trinajstić information content (AvgIpc) is 3.04. The highest BCUT2D eigenvalue weighted by atomic mass is 35.5. The van der Waals surface area contributed by atoms with E-state index in [4.69, 9.17) is 21.4 Å². The van der Waals surface area contributed by atoms with Crippen LogP contribution in [0.1, 0.15) is 27.4 Å². The van der Waals surface area contributed by atoms with Crippen molar-refractivity contribution in [2.75, 3.05) is 7.11 Å². The summed E-state index contributed by atoms with van der Waals surface area (Å²) in [6, 6.07) is 8.32. The summed E-state index contributed by atoms with van der Waals surface area (Å²) in [6.45, 7) is 0. The summed E-state index contributed by atoms with van der Waals surface area (Å²) in [6.07, 6.45) is 1.55. The van der Waals surface area contributed by atoms with Crippen LogP contribution < -0.4 is 4.74 Å². The van der Waals surface area contributed by atoms with Gasteiger partial charge in [-0.25, -0.2) is 4.79 Å². The Kier molecular flexibility index (Phi) is 4.83. The molecule has 8 nitrogen and oxygen atoms in total. The van der Waals surface area contributed by atoms with Gasteiger partial charge in [0.15, 0.2) is 0 Å². The molecule has 0 radical (unpaired) electrons. The predicted octanol–water partition coefficient (Wildman–Crippen LogP) is 3.68. The number of nitrogens with one attached hydrogen (secondary N) is 1. The number of benzene rings is 2. The van der Waals surface area contributed by atoms with E-state index in [1.54, 1.807) is 6.20 Å². The molecular weight excluding hydrogens is 376 g/mol. The van der Waals surface area contributed by atoms with Crippen molar-refractivity contribution >= 4 is 39.4 Å². The Labute approximate surface area is 157 Å². The Hall–Kier alpha value is -3.39. The summed E-state index contributed by atoms with van der Waals surface area (Å²) in [5.74, 6) is -1.97. The van der Waals surface area contributed by atoms with E-state index in [-0.39, 0.29) is 17.0 Å². The number of H-pyrrole nitrogens is 1.